The first kappa shape index (κ1) is 12.3. The van der Waals surface area contributed by atoms with Gasteiger partial charge in [-0.25, -0.2) is 4.39 Å². The number of rotatable bonds is 2. The molecule has 0 atom stereocenters. The predicted molar refractivity (Wildman–Crippen MR) is 45.5 cm³/mol. The SMILES string of the molecule is CN=C([O-])c1cc(OC(F)(F)F)ccc1F. The quantitative estimate of drug-likeness (QED) is 0.443. The van der Waals surface area contributed by atoms with Gasteiger partial charge in [0, 0.05) is 12.6 Å². The van der Waals surface area contributed by atoms with E-state index in [2.05, 4.69) is 9.73 Å². The van der Waals surface area contributed by atoms with Crippen LogP contribution in [0.25, 0.3) is 0 Å². The smallest absolute Gasteiger partial charge is 0.573 e. The summed E-state index contributed by atoms with van der Waals surface area (Å²) in [6.07, 6.45) is -4.89. The van der Waals surface area contributed by atoms with Gasteiger partial charge in [0.2, 0.25) is 0 Å². The fraction of sp³-hybridized carbons (Fsp3) is 0.222. The van der Waals surface area contributed by atoms with Crippen LogP contribution in [0.15, 0.2) is 23.2 Å². The van der Waals surface area contributed by atoms with Gasteiger partial charge in [-0.05, 0) is 24.1 Å². The number of benzene rings is 1. The number of alkyl halides is 3. The molecule has 1 rings (SSSR count). The van der Waals surface area contributed by atoms with Gasteiger partial charge in [0.05, 0.1) is 0 Å². The summed E-state index contributed by atoms with van der Waals surface area (Å²) in [6, 6.07) is 2.13. The van der Waals surface area contributed by atoms with Crippen LogP contribution in [0.5, 0.6) is 5.75 Å². The third-order valence-corrected chi connectivity index (χ3v) is 1.60. The van der Waals surface area contributed by atoms with Crippen LogP contribution in [-0.4, -0.2) is 19.3 Å². The number of halogens is 4. The molecule has 0 amide bonds. The van der Waals surface area contributed by atoms with E-state index >= 15 is 0 Å². The zero-order chi connectivity index (χ0) is 12.3. The summed E-state index contributed by atoms with van der Waals surface area (Å²) in [5.74, 6) is -2.57. The predicted octanol–water partition coefficient (Wildman–Crippen LogP) is 1.46. The lowest BCUT2D eigenvalue weighted by molar-refractivity contribution is -0.274. The van der Waals surface area contributed by atoms with Gasteiger partial charge < -0.3 is 14.8 Å². The van der Waals surface area contributed by atoms with E-state index in [0.29, 0.717) is 12.1 Å². The Morgan fingerprint density at radius 2 is 2.00 bits per heavy atom. The zero-order valence-electron chi connectivity index (χ0n) is 8.01. The monoisotopic (exact) mass is 236 g/mol. The molecule has 0 bridgehead atoms. The molecule has 7 heteroatoms. The van der Waals surface area contributed by atoms with Gasteiger partial charge in [-0.2, -0.15) is 0 Å². The summed E-state index contributed by atoms with van der Waals surface area (Å²) < 4.78 is 52.1. The van der Waals surface area contributed by atoms with Gasteiger partial charge in [-0.15, -0.1) is 13.2 Å². The van der Waals surface area contributed by atoms with Crippen LogP contribution < -0.4 is 9.84 Å². The maximum absolute atomic E-state index is 13.0. The molecule has 0 saturated carbocycles. The highest BCUT2D eigenvalue weighted by Gasteiger charge is 2.31. The molecule has 16 heavy (non-hydrogen) atoms. The van der Waals surface area contributed by atoms with E-state index in [4.69, 9.17) is 0 Å². The van der Waals surface area contributed by atoms with Crippen LogP contribution in [0.1, 0.15) is 5.56 Å². The van der Waals surface area contributed by atoms with Gasteiger partial charge in [-0.1, -0.05) is 0 Å². The summed E-state index contributed by atoms with van der Waals surface area (Å²) in [5, 5.41) is 11.0. The molecule has 3 nitrogen and oxygen atoms in total. The first-order chi connectivity index (χ1) is 7.33. The van der Waals surface area contributed by atoms with Crippen molar-refractivity contribution in [1.82, 2.24) is 0 Å². The normalized spacial score (nSPS) is 12.7. The van der Waals surface area contributed by atoms with Crippen molar-refractivity contribution >= 4 is 5.90 Å². The van der Waals surface area contributed by atoms with E-state index in [1.165, 1.54) is 0 Å². The zero-order valence-corrected chi connectivity index (χ0v) is 8.01. The van der Waals surface area contributed by atoms with Crippen molar-refractivity contribution in [3.05, 3.63) is 29.6 Å². The largest absolute Gasteiger partial charge is 0.858 e. The molecule has 0 aromatic heterocycles. The molecule has 0 heterocycles. The Morgan fingerprint density at radius 3 is 2.50 bits per heavy atom. The fourth-order valence-electron chi connectivity index (χ4n) is 0.986. The minimum Gasteiger partial charge on any atom is -0.858 e. The molecule has 0 spiro atoms. The highest BCUT2D eigenvalue weighted by molar-refractivity contribution is 5.91. The third-order valence-electron chi connectivity index (χ3n) is 1.60. The Morgan fingerprint density at radius 1 is 1.38 bits per heavy atom. The van der Waals surface area contributed by atoms with E-state index in [0.717, 1.165) is 13.1 Å². The standard InChI is InChI=1S/C9H7F4NO2/c1-14-8(15)6-4-5(2-3-7(6)10)16-9(11,12)13/h2-4H,1H3,(H,14,15)/p-1. The maximum atomic E-state index is 13.0. The average Bonchev–Trinajstić information content (AvgIpc) is 2.18. The molecule has 0 aliphatic heterocycles. The lowest BCUT2D eigenvalue weighted by Crippen LogP contribution is -2.21. The lowest BCUT2D eigenvalue weighted by atomic mass is 10.2. The second-order valence-electron chi connectivity index (χ2n) is 2.72. The third kappa shape index (κ3) is 3.11. The first-order valence-electron chi connectivity index (χ1n) is 4.03. The van der Waals surface area contributed by atoms with Gasteiger partial charge >= 0.3 is 6.36 Å². The minimum atomic E-state index is -4.89. The number of ether oxygens (including phenoxy) is 1. The van der Waals surface area contributed by atoms with E-state index in [-0.39, 0.29) is 0 Å². The summed E-state index contributed by atoms with van der Waals surface area (Å²) in [7, 11) is 1.11. The van der Waals surface area contributed by atoms with Crippen molar-refractivity contribution in [3.8, 4) is 5.75 Å². The summed E-state index contributed by atoms with van der Waals surface area (Å²) in [5.41, 5.74) is -0.566. The molecular weight excluding hydrogens is 230 g/mol. The van der Waals surface area contributed by atoms with E-state index in [9.17, 15) is 22.7 Å². The van der Waals surface area contributed by atoms with E-state index in [1.54, 1.807) is 0 Å². The second kappa shape index (κ2) is 4.38. The van der Waals surface area contributed by atoms with Crippen molar-refractivity contribution < 1.29 is 27.4 Å². The van der Waals surface area contributed by atoms with Crippen molar-refractivity contribution in [2.24, 2.45) is 4.99 Å². The van der Waals surface area contributed by atoms with Gasteiger partial charge in [-0.3, -0.25) is 0 Å². The first-order valence-corrected chi connectivity index (χ1v) is 4.03. The molecule has 0 radical (unpaired) electrons. The van der Waals surface area contributed by atoms with Crippen LogP contribution in [0.4, 0.5) is 17.6 Å². The number of hydrogen-bond acceptors (Lipinski definition) is 3. The Kier molecular flexibility index (Phi) is 3.36. The van der Waals surface area contributed by atoms with Crippen molar-refractivity contribution in [2.45, 2.75) is 6.36 Å². The summed E-state index contributed by atoms with van der Waals surface area (Å²) >= 11 is 0. The van der Waals surface area contributed by atoms with Crippen LogP contribution >= 0.6 is 0 Å². The van der Waals surface area contributed by atoms with Gasteiger partial charge in [0.25, 0.3) is 0 Å². The van der Waals surface area contributed by atoms with Crippen molar-refractivity contribution in [3.63, 3.8) is 0 Å². The highest BCUT2D eigenvalue weighted by atomic mass is 19.4. The molecular formula is C9H6F4NO2-. The molecule has 1 aromatic rings. The molecule has 88 valence electrons. The Labute approximate surface area is 88.0 Å². The molecule has 0 N–H and O–H groups in total. The minimum absolute atomic E-state index is 0.566. The molecule has 1 aromatic carbocycles. The highest BCUT2D eigenvalue weighted by Crippen LogP contribution is 2.24. The topological polar surface area (TPSA) is 44.7 Å². The maximum Gasteiger partial charge on any atom is 0.573 e. The number of aliphatic imine (C=N–C) groups is 1. The Balaban J connectivity index is 3.08. The van der Waals surface area contributed by atoms with E-state index < -0.39 is 29.4 Å². The number of hydrogen-bond donors (Lipinski definition) is 0. The molecule has 0 fully saturated rings. The van der Waals surface area contributed by atoms with Crippen LogP contribution in [0, 0.1) is 5.82 Å². The lowest BCUT2D eigenvalue weighted by Gasteiger charge is -2.13. The average molecular weight is 236 g/mol. The van der Waals surface area contributed by atoms with E-state index in [1.807, 2.05) is 0 Å². The number of nitrogens with zero attached hydrogens (tertiary/aromatic N) is 1. The van der Waals surface area contributed by atoms with Gasteiger partial charge in [0.15, 0.2) is 0 Å². The molecule has 0 aliphatic carbocycles. The Bertz CT molecular complexity index is 414. The summed E-state index contributed by atoms with van der Waals surface area (Å²) in [4.78, 5) is 3.14. The van der Waals surface area contributed by atoms with Crippen molar-refractivity contribution in [1.29, 1.82) is 0 Å². The van der Waals surface area contributed by atoms with Crippen LogP contribution in [0.2, 0.25) is 0 Å². The van der Waals surface area contributed by atoms with Gasteiger partial charge in [0.1, 0.15) is 11.6 Å². The molecule has 0 unspecified atom stereocenters. The van der Waals surface area contributed by atoms with Crippen molar-refractivity contribution in [2.75, 3.05) is 7.05 Å². The Hall–Kier alpha value is -1.79. The van der Waals surface area contributed by atoms with Crippen LogP contribution in [0.3, 0.4) is 0 Å². The molecule has 0 aliphatic rings. The summed E-state index contributed by atoms with van der Waals surface area (Å²) in [6.45, 7) is 0. The van der Waals surface area contributed by atoms with Crippen LogP contribution in [-0.2, 0) is 0 Å². The second-order valence-corrected chi connectivity index (χ2v) is 2.72. The molecule has 0 saturated heterocycles. The fourth-order valence-corrected chi connectivity index (χ4v) is 0.986.